The Labute approximate surface area is 172 Å². The van der Waals surface area contributed by atoms with Crippen LogP contribution in [0.1, 0.15) is 22.5 Å². The summed E-state index contributed by atoms with van der Waals surface area (Å²) < 4.78 is 5.28. The third-order valence-electron chi connectivity index (χ3n) is 4.84. The summed E-state index contributed by atoms with van der Waals surface area (Å²) in [6.07, 6.45) is 4.80. The molecule has 1 aliphatic heterocycles. The maximum absolute atomic E-state index is 12.7. The number of nitrogens with zero attached hydrogens (tertiary/aromatic N) is 2. The van der Waals surface area contributed by atoms with E-state index in [4.69, 9.17) is 4.42 Å². The number of furan rings is 1. The monoisotopic (exact) mass is 404 g/mol. The topological polar surface area (TPSA) is 105 Å². The summed E-state index contributed by atoms with van der Waals surface area (Å²) in [5.41, 5.74) is 1.58. The van der Waals surface area contributed by atoms with Crippen LogP contribution in [0.15, 0.2) is 71.6 Å². The number of nitrogens with one attached hydrogen (secondary N) is 2. The van der Waals surface area contributed by atoms with Gasteiger partial charge in [0.05, 0.1) is 18.7 Å². The van der Waals surface area contributed by atoms with Gasteiger partial charge in [0.1, 0.15) is 5.76 Å². The molecule has 1 aliphatic rings. The summed E-state index contributed by atoms with van der Waals surface area (Å²) in [5.74, 6) is -0.340. The molecule has 0 spiro atoms. The summed E-state index contributed by atoms with van der Waals surface area (Å²) in [6.45, 7) is 0.690. The summed E-state index contributed by atoms with van der Waals surface area (Å²) in [4.78, 5) is 42.7. The number of carbonyl (C=O) groups excluding carboxylic acids is 3. The number of aromatic nitrogens is 1. The first-order valence-electron chi connectivity index (χ1n) is 9.51. The lowest BCUT2D eigenvalue weighted by atomic mass is 10.1. The van der Waals surface area contributed by atoms with Gasteiger partial charge in [0.2, 0.25) is 11.8 Å². The van der Waals surface area contributed by atoms with Crippen LogP contribution in [0.4, 0.5) is 11.4 Å². The minimum atomic E-state index is -0.442. The van der Waals surface area contributed by atoms with Crippen molar-refractivity contribution in [2.75, 3.05) is 17.2 Å². The number of hydrogen-bond acceptors (Lipinski definition) is 5. The van der Waals surface area contributed by atoms with Gasteiger partial charge in [-0.2, -0.15) is 0 Å². The van der Waals surface area contributed by atoms with Crippen LogP contribution in [0.2, 0.25) is 0 Å². The van der Waals surface area contributed by atoms with Gasteiger partial charge in [0.25, 0.3) is 5.91 Å². The zero-order valence-corrected chi connectivity index (χ0v) is 16.1. The van der Waals surface area contributed by atoms with Crippen LogP contribution in [0, 0.1) is 5.92 Å². The van der Waals surface area contributed by atoms with E-state index in [0.717, 1.165) is 0 Å². The van der Waals surface area contributed by atoms with Gasteiger partial charge in [-0.3, -0.25) is 19.4 Å². The molecule has 8 nitrogen and oxygen atoms in total. The van der Waals surface area contributed by atoms with Crippen molar-refractivity contribution in [3.05, 3.63) is 78.5 Å². The maximum Gasteiger partial charge on any atom is 0.255 e. The molecule has 1 aromatic carbocycles. The molecule has 3 heterocycles. The molecule has 2 N–H and O–H groups in total. The quantitative estimate of drug-likeness (QED) is 0.657. The zero-order chi connectivity index (χ0) is 20.9. The van der Waals surface area contributed by atoms with Gasteiger partial charge in [0.15, 0.2) is 0 Å². The fraction of sp³-hybridized carbons (Fsp3) is 0.182. The van der Waals surface area contributed by atoms with Gasteiger partial charge in [-0.25, -0.2) is 0 Å². The van der Waals surface area contributed by atoms with Gasteiger partial charge >= 0.3 is 0 Å². The lowest BCUT2D eigenvalue weighted by molar-refractivity contribution is -0.128. The van der Waals surface area contributed by atoms with Gasteiger partial charge in [0, 0.05) is 42.3 Å². The number of amides is 3. The Balaban J connectivity index is 1.36. The molecular formula is C22H20N4O4. The Bertz CT molecular complexity index is 1050. The molecule has 0 saturated carbocycles. The number of anilines is 2. The highest BCUT2D eigenvalue weighted by molar-refractivity contribution is 6.04. The molecule has 3 amide bonds. The van der Waals surface area contributed by atoms with E-state index >= 15 is 0 Å². The number of rotatable bonds is 6. The predicted octanol–water partition coefficient (Wildman–Crippen LogP) is 2.91. The molecule has 1 fully saturated rings. The first kappa shape index (κ1) is 19.4. The second-order valence-electron chi connectivity index (χ2n) is 7.01. The van der Waals surface area contributed by atoms with E-state index in [1.165, 1.54) is 0 Å². The van der Waals surface area contributed by atoms with E-state index in [2.05, 4.69) is 15.6 Å². The van der Waals surface area contributed by atoms with Crippen LogP contribution in [0.3, 0.4) is 0 Å². The second-order valence-corrected chi connectivity index (χ2v) is 7.01. The maximum atomic E-state index is 12.7. The molecule has 0 radical (unpaired) electrons. The Hall–Kier alpha value is -3.94. The Morgan fingerprint density at radius 1 is 1.07 bits per heavy atom. The van der Waals surface area contributed by atoms with Crippen LogP contribution < -0.4 is 10.6 Å². The molecule has 2 aromatic heterocycles. The first-order chi connectivity index (χ1) is 14.6. The standard InChI is InChI=1S/C22H20N4O4/c27-20-11-16(13-26(20)14-19-5-2-10-30-19)22(29)25-18-4-1-3-17(12-18)24-21(28)15-6-8-23-9-7-15/h1-10,12,16H,11,13-14H2,(H,24,28)(H,25,29)/t16-/m1/s1. The molecular weight excluding hydrogens is 384 g/mol. The minimum Gasteiger partial charge on any atom is -0.467 e. The molecule has 0 aliphatic carbocycles. The van der Waals surface area contributed by atoms with Crippen molar-refractivity contribution in [1.29, 1.82) is 0 Å². The lowest BCUT2D eigenvalue weighted by Crippen LogP contribution is -2.27. The smallest absolute Gasteiger partial charge is 0.255 e. The molecule has 1 atom stereocenters. The van der Waals surface area contributed by atoms with E-state index in [0.29, 0.717) is 35.8 Å². The lowest BCUT2D eigenvalue weighted by Gasteiger charge is -2.15. The highest BCUT2D eigenvalue weighted by atomic mass is 16.3. The third-order valence-corrected chi connectivity index (χ3v) is 4.84. The molecule has 8 heteroatoms. The van der Waals surface area contributed by atoms with Crippen molar-refractivity contribution in [3.8, 4) is 0 Å². The average Bonchev–Trinajstić information content (AvgIpc) is 3.39. The normalized spacial score (nSPS) is 15.8. The van der Waals surface area contributed by atoms with Crippen LogP contribution in [-0.4, -0.2) is 34.2 Å². The summed E-state index contributed by atoms with van der Waals surface area (Å²) in [5, 5.41) is 5.62. The Kier molecular flexibility index (Phi) is 5.56. The Morgan fingerprint density at radius 3 is 2.57 bits per heavy atom. The fourth-order valence-electron chi connectivity index (χ4n) is 3.32. The molecule has 3 aromatic rings. The highest BCUT2D eigenvalue weighted by Crippen LogP contribution is 2.23. The molecule has 152 valence electrons. The number of benzene rings is 1. The highest BCUT2D eigenvalue weighted by Gasteiger charge is 2.34. The molecule has 0 bridgehead atoms. The summed E-state index contributed by atoms with van der Waals surface area (Å²) in [7, 11) is 0. The molecule has 4 rings (SSSR count). The van der Waals surface area contributed by atoms with E-state index < -0.39 is 5.92 Å². The number of likely N-dealkylation sites (tertiary alicyclic amines) is 1. The number of pyridine rings is 1. The van der Waals surface area contributed by atoms with E-state index in [-0.39, 0.29) is 24.1 Å². The van der Waals surface area contributed by atoms with Crippen LogP contribution in [-0.2, 0) is 16.1 Å². The summed E-state index contributed by atoms with van der Waals surface area (Å²) >= 11 is 0. The first-order valence-corrected chi connectivity index (χ1v) is 9.51. The SMILES string of the molecule is O=C(Nc1cccc(NC(=O)[C@@H]2CC(=O)N(Cc3ccco3)C2)c1)c1ccncc1. The minimum absolute atomic E-state index is 0.0788. The fourth-order valence-corrected chi connectivity index (χ4v) is 3.32. The van der Waals surface area contributed by atoms with Gasteiger partial charge in [-0.15, -0.1) is 0 Å². The van der Waals surface area contributed by atoms with Crippen molar-refractivity contribution in [2.24, 2.45) is 5.92 Å². The third kappa shape index (κ3) is 4.54. The van der Waals surface area contributed by atoms with E-state index in [9.17, 15) is 14.4 Å². The van der Waals surface area contributed by atoms with Crippen LogP contribution >= 0.6 is 0 Å². The molecule has 1 saturated heterocycles. The average molecular weight is 404 g/mol. The van der Waals surface area contributed by atoms with Crippen LogP contribution in [0.5, 0.6) is 0 Å². The zero-order valence-electron chi connectivity index (χ0n) is 16.1. The van der Waals surface area contributed by atoms with Crippen molar-refractivity contribution in [1.82, 2.24) is 9.88 Å². The second kappa shape index (κ2) is 8.60. The van der Waals surface area contributed by atoms with Crippen molar-refractivity contribution >= 4 is 29.1 Å². The predicted molar refractivity (Wildman–Crippen MR) is 109 cm³/mol. The van der Waals surface area contributed by atoms with Gasteiger partial charge < -0.3 is 20.0 Å². The van der Waals surface area contributed by atoms with Crippen molar-refractivity contribution in [2.45, 2.75) is 13.0 Å². The summed E-state index contributed by atoms with van der Waals surface area (Å²) in [6, 6.07) is 13.7. The number of hydrogen-bond donors (Lipinski definition) is 2. The molecule has 30 heavy (non-hydrogen) atoms. The van der Waals surface area contributed by atoms with Gasteiger partial charge in [-0.1, -0.05) is 6.07 Å². The van der Waals surface area contributed by atoms with Crippen molar-refractivity contribution < 1.29 is 18.8 Å². The number of carbonyl (C=O) groups is 3. The molecule has 0 unspecified atom stereocenters. The van der Waals surface area contributed by atoms with Gasteiger partial charge in [-0.05, 0) is 42.5 Å². The van der Waals surface area contributed by atoms with Crippen LogP contribution in [0.25, 0.3) is 0 Å². The van der Waals surface area contributed by atoms with E-state index in [1.54, 1.807) is 72.1 Å². The van der Waals surface area contributed by atoms with Crippen molar-refractivity contribution in [3.63, 3.8) is 0 Å². The largest absolute Gasteiger partial charge is 0.467 e. The Morgan fingerprint density at radius 2 is 1.83 bits per heavy atom. The van der Waals surface area contributed by atoms with E-state index in [1.807, 2.05) is 0 Å².